The quantitative estimate of drug-likeness (QED) is 0.428. The van der Waals surface area contributed by atoms with Crippen LogP contribution in [0.15, 0.2) is 97.1 Å². The summed E-state index contributed by atoms with van der Waals surface area (Å²) in [6.45, 7) is 2.31. The summed E-state index contributed by atoms with van der Waals surface area (Å²) in [4.78, 5) is 9.98. The van der Waals surface area contributed by atoms with Gasteiger partial charge in [-0.2, -0.15) is 0 Å². The lowest BCUT2D eigenvalue weighted by Crippen LogP contribution is -2.08. The van der Waals surface area contributed by atoms with Crippen LogP contribution in [-0.2, 0) is 5.41 Å². The minimum Gasteiger partial charge on any atom is -0.253 e. The molecule has 5 rings (SSSR count). The lowest BCUT2D eigenvalue weighted by Gasteiger charge is -2.13. The highest BCUT2D eigenvalue weighted by Gasteiger charge is 2.54. The maximum absolute atomic E-state index is 5.01. The first-order valence-corrected chi connectivity index (χ1v) is 9.79. The molecule has 0 saturated heterocycles. The van der Waals surface area contributed by atoms with E-state index in [1.54, 1.807) is 0 Å². The molecular weight excluding hydrogens is 340 g/mol. The van der Waals surface area contributed by atoms with E-state index in [9.17, 15) is 0 Å². The van der Waals surface area contributed by atoms with Gasteiger partial charge in [0.2, 0.25) is 0 Å². The van der Waals surface area contributed by atoms with Gasteiger partial charge in [-0.25, -0.2) is 0 Å². The molecule has 0 N–H and O–H groups in total. The summed E-state index contributed by atoms with van der Waals surface area (Å²) in [7, 11) is 0. The average molecular weight is 362 g/mol. The van der Waals surface area contributed by atoms with Crippen LogP contribution >= 0.6 is 0 Å². The highest BCUT2D eigenvalue weighted by Crippen LogP contribution is 2.59. The maximum atomic E-state index is 5.01. The van der Waals surface area contributed by atoms with Crippen LogP contribution in [0.1, 0.15) is 30.7 Å². The van der Waals surface area contributed by atoms with Gasteiger partial charge < -0.3 is 0 Å². The molecule has 2 atom stereocenters. The summed E-state index contributed by atoms with van der Waals surface area (Å²) >= 11 is 0. The smallest absolute Gasteiger partial charge is 0.0705 e. The summed E-state index contributed by atoms with van der Waals surface area (Å²) in [6.07, 6.45) is 1.09. The number of pyridine rings is 2. The molecule has 4 aromatic rings. The number of benzene rings is 2. The molecule has 2 aromatic heterocycles. The Morgan fingerprint density at radius 2 is 1.21 bits per heavy atom. The van der Waals surface area contributed by atoms with Gasteiger partial charge in [0.05, 0.1) is 11.4 Å². The molecule has 0 radical (unpaired) electrons. The van der Waals surface area contributed by atoms with Gasteiger partial charge in [-0.1, -0.05) is 79.7 Å². The van der Waals surface area contributed by atoms with E-state index < -0.39 is 0 Å². The van der Waals surface area contributed by atoms with Crippen LogP contribution in [-0.4, -0.2) is 9.97 Å². The second kappa shape index (κ2) is 6.72. The van der Waals surface area contributed by atoms with E-state index in [-0.39, 0.29) is 5.41 Å². The lowest BCUT2D eigenvalue weighted by atomic mass is 9.98. The van der Waals surface area contributed by atoms with Crippen molar-refractivity contribution in [3.63, 3.8) is 0 Å². The SMILES string of the molecule is CC1(c2cccc(-c3ccccc3)n2)CC1c1cccc(-c2ccccc2)n1. The molecule has 136 valence electrons. The molecule has 2 unspecified atom stereocenters. The number of hydrogen-bond acceptors (Lipinski definition) is 2. The Bertz CT molecular complexity index is 1110. The molecule has 1 saturated carbocycles. The van der Waals surface area contributed by atoms with Crippen LogP contribution in [0, 0.1) is 0 Å². The van der Waals surface area contributed by atoms with Gasteiger partial charge in [0.1, 0.15) is 0 Å². The van der Waals surface area contributed by atoms with Gasteiger partial charge in [0.15, 0.2) is 0 Å². The van der Waals surface area contributed by atoms with Crippen LogP contribution in [0.4, 0.5) is 0 Å². The Morgan fingerprint density at radius 1 is 0.643 bits per heavy atom. The van der Waals surface area contributed by atoms with Crippen molar-refractivity contribution >= 4 is 0 Å². The van der Waals surface area contributed by atoms with E-state index >= 15 is 0 Å². The van der Waals surface area contributed by atoms with Gasteiger partial charge in [-0.3, -0.25) is 9.97 Å². The monoisotopic (exact) mass is 362 g/mol. The van der Waals surface area contributed by atoms with Crippen LogP contribution in [0.2, 0.25) is 0 Å². The summed E-state index contributed by atoms with van der Waals surface area (Å²) in [5, 5.41) is 0. The highest BCUT2D eigenvalue weighted by atomic mass is 14.8. The second-order valence-corrected chi connectivity index (χ2v) is 7.76. The molecule has 1 aliphatic rings. The average Bonchev–Trinajstić information content (AvgIpc) is 3.48. The van der Waals surface area contributed by atoms with Gasteiger partial charge >= 0.3 is 0 Å². The summed E-state index contributed by atoms with van der Waals surface area (Å²) in [5.41, 5.74) is 6.77. The van der Waals surface area contributed by atoms with E-state index in [0.29, 0.717) is 5.92 Å². The Kier molecular flexibility index (Phi) is 4.05. The van der Waals surface area contributed by atoms with Crippen LogP contribution < -0.4 is 0 Å². The Hall–Kier alpha value is -3.26. The zero-order valence-corrected chi connectivity index (χ0v) is 15.9. The van der Waals surface area contributed by atoms with E-state index in [1.165, 1.54) is 0 Å². The molecule has 2 nitrogen and oxygen atoms in total. The highest BCUT2D eigenvalue weighted by molar-refractivity contribution is 5.60. The number of aromatic nitrogens is 2. The van der Waals surface area contributed by atoms with Gasteiger partial charge in [0, 0.05) is 33.8 Å². The van der Waals surface area contributed by atoms with Crippen LogP contribution in [0.5, 0.6) is 0 Å². The van der Waals surface area contributed by atoms with E-state index in [0.717, 1.165) is 40.3 Å². The van der Waals surface area contributed by atoms with Gasteiger partial charge in [-0.15, -0.1) is 0 Å². The third-order valence-electron chi connectivity index (χ3n) is 5.84. The molecule has 0 bridgehead atoms. The molecule has 1 aliphatic carbocycles. The molecule has 2 heteroatoms. The predicted octanol–water partition coefficient (Wildman–Crippen LogP) is 6.26. The van der Waals surface area contributed by atoms with Crippen molar-refractivity contribution in [1.82, 2.24) is 9.97 Å². The molecule has 2 heterocycles. The molecule has 0 aliphatic heterocycles. The molecular formula is C26H22N2. The molecule has 0 amide bonds. The minimum atomic E-state index is 0.0487. The first kappa shape index (κ1) is 16.9. The molecule has 2 aromatic carbocycles. The summed E-state index contributed by atoms with van der Waals surface area (Å²) in [6, 6.07) is 33.5. The van der Waals surface area contributed by atoms with Crippen LogP contribution in [0.25, 0.3) is 22.5 Å². The van der Waals surface area contributed by atoms with E-state index in [2.05, 4.69) is 91.9 Å². The Labute approximate surface area is 165 Å². The largest absolute Gasteiger partial charge is 0.253 e. The molecule has 1 fully saturated rings. The number of nitrogens with zero attached hydrogens (tertiary/aromatic N) is 2. The Balaban J connectivity index is 1.45. The van der Waals surface area contributed by atoms with Crippen molar-refractivity contribution in [2.75, 3.05) is 0 Å². The fourth-order valence-electron chi connectivity index (χ4n) is 4.02. The van der Waals surface area contributed by atoms with Gasteiger partial charge in [0.25, 0.3) is 0 Å². The Morgan fingerprint density at radius 3 is 1.86 bits per heavy atom. The standard InChI is InChI=1S/C26H22N2/c1-26(25-17-9-15-23(28-25)20-12-6-3-7-13-20)18-21(26)24-16-8-14-22(27-24)19-10-4-2-5-11-19/h2-17,21H,18H2,1H3. The fourth-order valence-corrected chi connectivity index (χ4v) is 4.02. The number of hydrogen-bond donors (Lipinski definition) is 0. The first-order chi connectivity index (χ1) is 13.7. The summed E-state index contributed by atoms with van der Waals surface area (Å²) in [5.74, 6) is 0.412. The topological polar surface area (TPSA) is 25.8 Å². The van der Waals surface area contributed by atoms with Crippen molar-refractivity contribution < 1.29 is 0 Å². The first-order valence-electron chi connectivity index (χ1n) is 9.79. The van der Waals surface area contributed by atoms with Crippen molar-refractivity contribution in [2.24, 2.45) is 0 Å². The third kappa shape index (κ3) is 3.01. The van der Waals surface area contributed by atoms with E-state index in [4.69, 9.17) is 9.97 Å². The van der Waals surface area contributed by atoms with Crippen LogP contribution in [0.3, 0.4) is 0 Å². The molecule has 28 heavy (non-hydrogen) atoms. The second-order valence-electron chi connectivity index (χ2n) is 7.76. The zero-order valence-electron chi connectivity index (χ0n) is 15.9. The summed E-state index contributed by atoms with van der Waals surface area (Å²) < 4.78 is 0. The third-order valence-corrected chi connectivity index (χ3v) is 5.84. The predicted molar refractivity (Wildman–Crippen MR) is 114 cm³/mol. The van der Waals surface area contributed by atoms with E-state index in [1.807, 2.05) is 12.1 Å². The number of rotatable bonds is 4. The van der Waals surface area contributed by atoms with Crippen molar-refractivity contribution in [3.05, 3.63) is 108 Å². The van der Waals surface area contributed by atoms with Crippen molar-refractivity contribution in [3.8, 4) is 22.5 Å². The van der Waals surface area contributed by atoms with Crippen molar-refractivity contribution in [2.45, 2.75) is 24.7 Å². The lowest BCUT2D eigenvalue weighted by molar-refractivity contribution is 0.710. The minimum absolute atomic E-state index is 0.0487. The molecule has 0 spiro atoms. The van der Waals surface area contributed by atoms with Crippen molar-refractivity contribution in [1.29, 1.82) is 0 Å². The fraction of sp³-hybridized carbons (Fsp3) is 0.154. The maximum Gasteiger partial charge on any atom is 0.0705 e. The van der Waals surface area contributed by atoms with Gasteiger partial charge in [-0.05, 0) is 30.7 Å². The normalized spacial score (nSPS) is 20.7. The zero-order chi connectivity index (χ0) is 19.0.